The van der Waals surface area contributed by atoms with Crippen molar-refractivity contribution in [3.8, 4) is 5.75 Å². The average Bonchev–Trinajstić information content (AvgIpc) is 2.35. The summed E-state index contributed by atoms with van der Waals surface area (Å²) in [6.07, 6.45) is 0.879. The molecule has 2 nitrogen and oxygen atoms in total. The van der Waals surface area contributed by atoms with Crippen molar-refractivity contribution in [3.05, 3.63) is 41.1 Å². The van der Waals surface area contributed by atoms with E-state index in [1.54, 1.807) is 7.11 Å². The molecule has 0 bridgehead atoms. The maximum Gasteiger partial charge on any atom is 0.119 e. The van der Waals surface area contributed by atoms with Crippen molar-refractivity contribution in [3.63, 3.8) is 0 Å². The van der Waals surface area contributed by atoms with Crippen LogP contribution in [0.15, 0.2) is 35.6 Å². The molecule has 0 aliphatic carbocycles. The first kappa shape index (κ1) is 12.6. The first-order valence-corrected chi connectivity index (χ1v) is 5.41. The number of aliphatic hydroxyl groups is 1. The van der Waals surface area contributed by atoms with Crippen LogP contribution in [0.4, 0.5) is 0 Å². The number of rotatable bonds is 4. The Morgan fingerprint density at radius 1 is 1.44 bits per heavy atom. The van der Waals surface area contributed by atoms with E-state index in [1.165, 1.54) is 0 Å². The van der Waals surface area contributed by atoms with Gasteiger partial charge < -0.3 is 9.84 Å². The van der Waals surface area contributed by atoms with E-state index >= 15 is 0 Å². The van der Waals surface area contributed by atoms with Crippen molar-refractivity contribution >= 4 is 5.57 Å². The highest BCUT2D eigenvalue weighted by molar-refractivity contribution is 5.66. The van der Waals surface area contributed by atoms with Crippen LogP contribution in [0, 0.1) is 0 Å². The summed E-state index contributed by atoms with van der Waals surface area (Å²) >= 11 is 0. The Morgan fingerprint density at radius 3 is 2.75 bits per heavy atom. The van der Waals surface area contributed by atoms with Gasteiger partial charge in [0.25, 0.3) is 0 Å². The Kier molecular flexibility index (Phi) is 4.84. The molecule has 0 aliphatic heterocycles. The molecule has 1 aromatic carbocycles. The smallest absolute Gasteiger partial charge is 0.119 e. The lowest BCUT2D eigenvalue weighted by Crippen LogP contribution is -1.87. The van der Waals surface area contributed by atoms with Gasteiger partial charge in [-0.15, -0.1) is 5.73 Å². The van der Waals surface area contributed by atoms with Crippen LogP contribution in [0.25, 0.3) is 5.57 Å². The number of ether oxygens (including phenoxy) is 1. The van der Waals surface area contributed by atoms with Gasteiger partial charge in [-0.05, 0) is 36.6 Å². The quantitative estimate of drug-likeness (QED) is 0.787. The predicted molar refractivity (Wildman–Crippen MR) is 66.5 cm³/mol. The topological polar surface area (TPSA) is 29.5 Å². The molecule has 0 heterocycles. The minimum absolute atomic E-state index is 0.0491. The van der Waals surface area contributed by atoms with Crippen LogP contribution in [0.3, 0.4) is 0 Å². The first-order valence-electron chi connectivity index (χ1n) is 5.41. The molecule has 0 radical (unpaired) electrons. The highest BCUT2D eigenvalue weighted by atomic mass is 16.5. The summed E-state index contributed by atoms with van der Waals surface area (Å²) in [4.78, 5) is 0. The molecule has 1 rings (SSSR count). The molecule has 2 heteroatoms. The lowest BCUT2D eigenvalue weighted by molar-refractivity contribution is 0.331. The summed E-state index contributed by atoms with van der Waals surface area (Å²) in [5.74, 6) is 0.840. The van der Waals surface area contributed by atoms with E-state index in [4.69, 9.17) is 9.84 Å². The van der Waals surface area contributed by atoms with Gasteiger partial charge in [0.05, 0.1) is 13.7 Å². The zero-order valence-electron chi connectivity index (χ0n) is 10.1. The summed E-state index contributed by atoms with van der Waals surface area (Å²) < 4.78 is 5.18. The largest absolute Gasteiger partial charge is 0.497 e. The minimum atomic E-state index is 0.0491. The molecule has 1 aromatic rings. The highest BCUT2D eigenvalue weighted by Gasteiger charge is 2.00. The van der Waals surface area contributed by atoms with Crippen molar-refractivity contribution in [2.75, 3.05) is 13.7 Å². The molecular weight excluding hydrogens is 200 g/mol. The van der Waals surface area contributed by atoms with Crippen LogP contribution in [0.2, 0.25) is 0 Å². The van der Waals surface area contributed by atoms with E-state index in [9.17, 15) is 0 Å². The van der Waals surface area contributed by atoms with Crippen LogP contribution >= 0.6 is 0 Å². The Morgan fingerprint density at radius 2 is 2.19 bits per heavy atom. The fraction of sp³-hybridized carbons (Fsp3) is 0.357. The number of hydrogen-bond acceptors (Lipinski definition) is 2. The zero-order valence-corrected chi connectivity index (χ0v) is 10.1. The van der Waals surface area contributed by atoms with Gasteiger partial charge in [-0.2, -0.15) is 0 Å². The molecule has 0 fully saturated rings. The zero-order chi connectivity index (χ0) is 12.0. The number of benzene rings is 1. The summed E-state index contributed by atoms with van der Waals surface area (Å²) in [7, 11) is 1.66. The maximum atomic E-state index is 8.99. The third-order valence-corrected chi connectivity index (χ3v) is 2.37. The summed E-state index contributed by atoms with van der Waals surface area (Å²) in [5.41, 5.74) is 6.24. The monoisotopic (exact) mass is 218 g/mol. The van der Waals surface area contributed by atoms with Crippen LogP contribution in [0.1, 0.15) is 25.8 Å². The Labute approximate surface area is 96.9 Å². The second-order valence-electron chi connectivity index (χ2n) is 3.63. The third kappa shape index (κ3) is 3.27. The van der Waals surface area contributed by atoms with Gasteiger partial charge in [0.15, 0.2) is 0 Å². The van der Waals surface area contributed by atoms with Crippen molar-refractivity contribution < 1.29 is 9.84 Å². The van der Waals surface area contributed by atoms with Crippen molar-refractivity contribution in [2.45, 2.75) is 20.3 Å². The van der Waals surface area contributed by atoms with Gasteiger partial charge in [0, 0.05) is 5.57 Å². The van der Waals surface area contributed by atoms with Gasteiger partial charge >= 0.3 is 0 Å². The second kappa shape index (κ2) is 6.16. The van der Waals surface area contributed by atoms with Gasteiger partial charge in [-0.25, -0.2) is 0 Å². The van der Waals surface area contributed by atoms with Gasteiger partial charge in [0.1, 0.15) is 5.75 Å². The molecule has 86 valence electrons. The van der Waals surface area contributed by atoms with E-state index in [2.05, 4.69) is 12.7 Å². The minimum Gasteiger partial charge on any atom is -0.497 e. The molecule has 0 aliphatic rings. The normalized spacial score (nSPS) is 9.50. The molecule has 0 saturated heterocycles. The Bertz CT molecular complexity index is 412. The molecule has 0 unspecified atom stereocenters. The fourth-order valence-electron chi connectivity index (χ4n) is 1.47. The second-order valence-corrected chi connectivity index (χ2v) is 3.63. The standard InChI is InChI=1S/C14H18O2/c1-4-12(8-11(2)10-15)13-6-5-7-14(9-13)16-3/h5-7,9,15H,4,10H2,1-3H3. The molecule has 0 atom stereocenters. The van der Waals surface area contributed by atoms with Crippen molar-refractivity contribution in [1.29, 1.82) is 0 Å². The lowest BCUT2D eigenvalue weighted by Gasteiger charge is -2.05. The molecule has 1 N–H and O–H groups in total. The molecule has 0 spiro atoms. The Hall–Kier alpha value is -1.50. The van der Waals surface area contributed by atoms with Crippen LogP contribution in [-0.4, -0.2) is 18.8 Å². The predicted octanol–water partition coefficient (Wildman–Crippen LogP) is 3.03. The van der Waals surface area contributed by atoms with Gasteiger partial charge in [-0.3, -0.25) is 0 Å². The van der Waals surface area contributed by atoms with E-state index in [1.807, 2.05) is 31.2 Å². The maximum absolute atomic E-state index is 8.99. The molecular formula is C14H18O2. The summed E-state index contributed by atoms with van der Waals surface area (Å²) in [6, 6.07) is 7.88. The summed E-state index contributed by atoms with van der Waals surface area (Å²) in [5, 5.41) is 8.99. The van der Waals surface area contributed by atoms with E-state index in [0.29, 0.717) is 0 Å². The third-order valence-electron chi connectivity index (χ3n) is 2.37. The fourth-order valence-corrected chi connectivity index (χ4v) is 1.47. The van der Waals surface area contributed by atoms with E-state index in [0.717, 1.165) is 28.9 Å². The molecule has 0 saturated carbocycles. The molecule has 0 aromatic heterocycles. The van der Waals surface area contributed by atoms with Crippen LogP contribution < -0.4 is 4.74 Å². The average molecular weight is 218 g/mol. The molecule has 0 amide bonds. The van der Waals surface area contributed by atoms with E-state index < -0.39 is 0 Å². The number of aliphatic hydroxyl groups excluding tert-OH is 1. The van der Waals surface area contributed by atoms with E-state index in [-0.39, 0.29) is 6.61 Å². The lowest BCUT2D eigenvalue weighted by atomic mass is 10.0. The van der Waals surface area contributed by atoms with Crippen LogP contribution in [0.5, 0.6) is 5.75 Å². The molecule has 16 heavy (non-hydrogen) atoms. The SMILES string of the molecule is CCC(=C=C(C)CO)c1cccc(OC)c1. The number of hydrogen-bond donors (Lipinski definition) is 1. The van der Waals surface area contributed by atoms with Crippen LogP contribution in [-0.2, 0) is 0 Å². The van der Waals surface area contributed by atoms with Crippen molar-refractivity contribution in [2.24, 2.45) is 0 Å². The van der Waals surface area contributed by atoms with Gasteiger partial charge in [0.2, 0.25) is 0 Å². The highest BCUT2D eigenvalue weighted by Crippen LogP contribution is 2.21. The Balaban J connectivity index is 3.19. The summed E-state index contributed by atoms with van der Waals surface area (Å²) in [6.45, 7) is 4.00. The van der Waals surface area contributed by atoms with Crippen molar-refractivity contribution in [1.82, 2.24) is 0 Å². The number of methoxy groups -OCH3 is 1. The first-order chi connectivity index (χ1) is 7.71. The van der Waals surface area contributed by atoms with Gasteiger partial charge in [-0.1, -0.05) is 19.1 Å².